The first-order valence-corrected chi connectivity index (χ1v) is 10.3. The van der Waals surface area contributed by atoms with E-state index in [2.05, 4.69) is 10.3 Å². The molecule has 8 nitrogen and oxygen atoms in total. The second-order valence-corrected chi connectivity index (χ2v) is 8.03. The van der Waals surface area contributed by atoms with Gasteiger partial charge in [0.2, 0.25) is 5.91 Å². The molecule has 30 heavy (non-hydrogen) atoms. The first-order chi connectivity index (χ1) is 14.4. The molecule has 1 aliphatic heterocycles. The van der Waals surface area contributed by atoms with Crippen LogP contribution in [0.4, 0.5) is 4.79 Å². The maximum Gasteiger partial charge on any atom is 0.326 e. The number of benzene rings is 1. The quantitative estimate of drug-likeness (QED) is 0.764. The zero-order valence-electron chi connectivity index (χ0n) is 17.2. The molecular formula is C22H26N4O4. The van der Waals surface area contributed by atoms with Gasteiger partial charge >= 0.3 is 6.03 Å². The van der Waals surface area contributed by atoms with Crippen LogP contribution in [0, 0.1) is 0 Å². The van der Waals surface area contributed by atoms with Crippen LogP contribution in [0.2, 0.25) is 0 Å². The molecule has 2 aliphatic rings. The summed E-state index contributed by atoms with van der Waals surface area (Å²) >= 11 is 0. The first-order valence-electron chi connectivity index (χ1n) is 10.3. The van der Waals surface area contributed by atoms with Crippen LogP contribution in [-0.4, -0.2) is 64.9 Å². The van der Waals surface area contributed by atoms with E-state index >= 15 is 0 Å². The topological polar surface area (TPSA) is 91.8 Å². The lowest BCUT2D eigenvalue weighted by molar-refractivity contribution is -0.131. The lowest BCUT2D eigenvalue weighted by atomic mass is 9.92. The molecule has 0 spiro atoms. The highest BCUT2D eigenvalue weighted by Crippen LogP contribution is 2.26. The standard InChI is InChI=1S/C22H26N4O4/c1-25-19(21(28)26(2)22(25)29)13-20(27)24-15-5-7-16(8-6-15)30-17-9-10-18-14(12-17)4-3-11-23-18/h3-4,9-12,15-16,19H,5-8,13H2,1-2H3,(H,24,27). The SMILES string of the molecule is CN1C(=O)C(CC(=O)NC2CCC(Oc3ccc4ncccc4c3)CC2)N(C)C1=O. The van der Waals surface area contributed by atoms with Crippen molar-refractivity contribution in [3.63, 3.8) is 0 Å². The van der Waals surface area contributed by atoms with Crippen molar-refractivity contribution >= 4 is 28.7 Å². The number of imide groups is 1. The van der Waals surface area contributed by atoms with Gasteiger partial charge in [0, 0.05) is 31.7 Å². The Morgan fingerprint density at radius 1 is 1.17 bits per heavy atom. The van der Waals surface area contributed by atoms with Crippen LogP contribution in [-0.2, 0) is 9.59 Å². The zero-order valence-corrected chi connectivity index (χ0v) is 17.2. The van der Waals surface area contributed by atoms with E-state index in [1.165, 1.54) is 11.9 Å². The van der Waals surface area contributed by atoms with Gasteiger partial charge in [-0.15, -0.1) is 0 Å². The highest BCUT2D eigenvalue weighted by molar-refractivity contribution is 6.05. The lowest BCUT2D eigenvalue weighted by Crippen LogP contribution is -2.43. The van der Waals surface area contributed by atoms with Crippen LogP contribution in [0.1, 0.15) is 32.1 Å². The number of amides is 4. The molecule has 4 amide bonds. The Bertz CT molecular complexity index is 971. The summed E-state index contributed by atoms with van der Waals surface area (Å²) < 4.78 is 6.14. The van der Waals surface area contributed by atoms with Crippen molar-refractivity contribution in [3.05, 3.63) is 36.5 Å². The molecule has 158 valence electrons. The van der Waals surface area contributed by atoms with Crippen LogP contribution in [0.15, 0.2) is 36.5 Å². The highest BCUT2D eigenvalue weighted by atomic mass is 16.5. The zero-order chi connectivity index (χ0) is 21.3. The Kier molecular flexibility index (Phi) is 5.57. The fraction of sp³-hybridized carbons (Fsp3) is 0.455. The fourth-order valence-corrected chi connectivity index (χ4v) is 4.18. The van der Waals surface area contributed by atoms with Gasteiger partial charge in [-0.05, 0) is 49.9 Å². The fourth-order valence-electron chi connectivity index (χ4n) is 4.18. The summed E-state index contributed by atoms with van der Waals surface area (Å²) in [7, 11) is 2.99. The molecule has 1 saturated heterocycles. The van der Waals surface area contributed by atoms with Gasteiger partial charge in [-0.3, -0.25) is 19.5 Å². The third-order valence-corrected chi connectivity index (χ3v) is 5.97. The van der Waals surface area contributed by atoms with E-state index in [1.54, 1.807) is 13.2 Å². The molecule has 1 aliphatic carbocycles. The molecule has 1 N–H and O–H groups in total. The monoisotopic (exact) mass is 410 g/mol. The van der Waals surface area contributed by atoms with E-state index in [1.807, 2.05) is 30.3 Å². The van der Waals surface area contributed by atoms with Crippen molar-refractivity contribution in [1.29, 1.82) is 0 Å². The third-order valence-electron chi connectivity index (χ3n) is 5.97. The molecule has 1 aromatic heterocycles. The highest BCUT2D eigenvalue weighted by Gasteiger charge is 2.42. The van der Waals surface area contributed by atoms with E-state index in [0.717, 1.165) is 47.2 Å². The maximum atomic E-state index is 12.4. The Morgan fingerprint density at radius 3 is 2.63 bits per heavy atom. The number of urea groups is 1. The van der Waals surface area contributed by atoms with Crippen molar-refractivity contribution in [3.8, 4) is 5.75 Å². The second kappa shape index (κ2) is 8.30. The summed E-state index contributed by atoms with van der Waals surface area (Å²) in [5, 5.41) is 4.06. The number of pyridine rings is 1. The number of hydrogen-bond acceptors (Lipinski definition) is 5. The van der Waals surface area contributed by atoms with Crippen molar-refractivity contribution < 1.29 is 19.1 Å². The largest absolute Gasteiger partial charge is 0.490 e. The van der Waals surface area contributed by atoms with Crippen LogP contribution in [0.3, 0.4) is 0 Å². The minimum atomic E-state index is -0.718. The molecule has 0 radical (unpaired) electrons. The number of rotatable bonds is 5. The molecule has 4 rings (SSSR count). The van der Waals surface area contributed by atoms with E-state index < -0.39 is 6.04 Å². The van der Waals surface area contributed by atoms with Crippen LogP contribution in [0.5, 0.6) is 5.75 Å². The summed E-state index contributed by atoms with van der Waals surface area (Å²) in [6.45, 7) is 0. The summed E-state index contributed by atoms with van der Waals surface area (Å²) in [4.78, 5) is 43.1. The van der Waals surface area contributed by atoms with Crippen molar-refractivity contribution in [1.82, 2.24) is 20.1 Å². The van der Waals surface area contributed by atoms with Crippen LogP contribution >= 0.6 is 0 Å². The predicted molar refractivity (Wildman–Crippen MR) is 111 cm³/mol. The molecule has 1 unspecified atom stereocenters. The minimum Gasteiger partial charge on any atom is -0.490 e. The molecule has 2 fully saturated rings. The molecular weight excluding hydrogens is 384 g/mol. The third kappa shape index (κ3) is 4.08. The number of fused-ring (bicyclic) bond motifs is 1. The molecule has 2 heterocycles. The molecule has 1 aromatic carbocycles. The summed E-state index contributed by atoms with van der Waals surface area (Å²) in [6, 6.07) is 8.79. The minimum absolute atomic E-state index is 0.00698. The molecule has 8 heteroatoms. The van der Waals surface area contributed by atoms with Crippen molar-refractivity contribution in [2.75, 3.05) is 14.1 Å². The average Bonchev–Trinajstić information content (AvgIpc) is 2.93. The predicted octanol–water partition coefficient (Wildman–Crippen LogP) is 2.32. The van der Waals surface area contributed by atoms with Crippen molar-refractivity contribution in [2.45, 2.75) is 50.3 Å². The Labute approximate surface area is 175 Å². The number of aromatic nitrogens is 1. The Balaban J connectivity index is 1.25. The van der Waals surface area contributed by atoms with E-state index in [9.17, 15) is 14.4 Å². The second-order valence-electron chi connectivity index (χ2n) is 8.03. The number of ether oxygens (including phenoxy) is 1. The number of likely N-dealkylation sites (N-methyl/N-ethyl adjacent to an activating group) is 2. The summed E-state index contributed by atoms with van der Waals surface area (Å²) in [6.07, 6.45) is 5.21. The molecule has 0 bridgehead atoms. The lowest BCUT2D eigenvalue weighted by Gasteiger charge is -2.30. The van der Waals surface area contributed by atoms with E-state index in [0.29, 0.717) is 0 Å². The normalized spacial score (nSPS) is 24.4. The van der Waals surface area contributed by atoms with Gasteiger partial charge in [-0.25, -0.2) is 4.79 Å². The summed E-state index contributed by atoms with van der Waals surface area (Å²) in [5.41, 5.74) is 0.940. The maximum absolute atomic E-state index is 12.4. The number of nitrogens with zero attached hydrogens (tertiary/aromatic N) is 3. The number of carbonyl (C=O) groups is 3. The van der Waals surface area contributed by atoms with E-state index in [-0.39, 0.29) is 36.4 Å². The first kappa shape index (κ1) is 20.1. The van der Waals surface area contributed by atoms with Crippen molar-refractivity contribution in [2.24, 2.45) is 0 Å². The number of nitrogens with one attached hydrogen (secondary N) is 1. The van der Waals surface area contributed by atoms with Gasteiger partial charge in [0.15, 0.2) is 0 Å². The van der Waals surface area contributed by atoms with Gasteiger partial charge in [-0.1, -0.05) is 6.07 Å². The molecule has 1 saturated carbocycles. The Hall–Kier alpha value is -3.16. The smallest absolute Gasteiger partial charge is 0.326 e. The van der Waals surface area contributed by atoms with Gasteiger partial charge in [-0.2, -0.15) is 0 Å². The van der Waals surface area contributed by atoms with Gasteiger partial charge in [0.1, 0.15) is 11.8 Å². The average molecular weight is 410 g/mol. The van der Waals surface area contributed by atoms with Gasteiger partial charge in [0.05, 0.1) is 18.0 Å². The number of hydrogen-bond donors (Lipinski definition) is 1. The molecule has 1 atom stereocenters. The molecule has 2 aromatic rings. The Morgan fingerprint density at radius 2 is 1.93 bits per heavy atom. The van der Waals surface area contributed by atoms with Gasteiger partial charge < -0.3 is 15.0 Å². The number of carbonyl (C=O) groups excluding carboxylic acids is 3. The van der Waals surface area contributed by atoms with Gasteiger partial charge in [0.25, 0.3) is 5.91 Å². The van der Waals surface area contributed by atoms with Crippen LogP contribution < -0.4 is 10.1 Å². The van der Waals surface area contributed by atoms with E-state index in [4.69, 9.17) is 4.74 Å². The van der Waals surface area contributed by atoms with Crippen LogP contribution in [0.25, 0.3) is 10.9 Å². The summed E-state index contributed by atoms with van der Waals surface area (Å²) in [5.74, 6) is 0.301.